The van der Waals surface area contributed by atoms with Gasteiger partial charge in [-0.1, -0.05) is 18.2 Å². The number of thioether (sulfide) groups is 1. The smallest absolute Gasteiger partial charge is 0.416 e. The maximum absolute atomic E-state index is 12.8. The highest BCUT2D eigenvalue weighted by molar-refractivity contribution is 7.99. The minimum atomic E-state index is -4.43. The minimum absolute atomic E-state index is 0.0822. The zero-order chi connectivity index (χ0) is 13.3. The topological polar surface area (TPSA) is 49.3 Å². The molecule has 1 saturated heterocycles. The SMILES string of the molecule is O=C(O)C1CSC(c2ccccc2C(F)(F)F)N1. The molecule has 98 valence electrons. The number of carboxylic acid groups (broad SMARTS) is 1. The van der Waals surface area contributed by atoms with E-state index in [9.17, 15) is 18.0 Å². The molecule has 1 aliphatic rings. The molecule has 0 spiro atoms. The van der Waals surface area contributed by atoms with Crippen LogP contribution in [0.1, 0.15) is 16.5 Å². The second-order valence-electron chi connectivity index (χ2n) is 3.86. The summed E-state index contributed by atoms with van der Waals surface area (Å²) in [6.45, 7) is 0. The van der Waals surface area contributed by atoms with Gasteiger partial charge < -0.3 is 5.11 Å². The third-order valence-electron chi connectivity index (χ3n) is 2.63. The molecular formula is C11H10F3NO2S. The first-order valence-electron chi connectivity index (χ1n) is 5.16. The van der Waals surface area contributed by atoms with Crippen LogP contribution in [0.2, 0.25) is 0 Å². The Bertz CT molecular complexity index is 464. The Balaban J connectivity index is 2.27. The van der Waals surface area contributed by atoms with Gasteiger partial charge in [0.1, 0.15) is 6.04 Å². The molecule has 2 unspecified atom stereocenters. The van der Waals surface area contributed by atoms with Crippen LogP contribution in [0.4, 0.5) is 13.2 Å². The molecule has 1 aromatic rings. The van der Waals surface area contributed by atoms with Crippen LogP contribution in [0.15, 0.2) is 24.3 Å². The number of carboxylic acids is 1. The highest BCUT2D eigenvalue weighted by atomic mass is 32.2. The number of aliphatic carboxylic acids is 1. The summed E-state index contributed by atoms with van der Waals surface area (Å²) in [6, 6.07) is 4.41. The molecule has 1 fully saturated rings. The molecular weight excluding hydrogens is 267 g/mol. The summed E-state index contributed by atoms with van der Waals surface area (Å²) in [5, 5.41) is 10.9. The fourth-order valence-corrected chi connectivity index (χ4v) is 3.05. The van der Waals surface area contributed by atoms with E-state index in [1.54, 1.807) is 0 Å². The van der Waals surface area contributed by atoms with Gasteiger partial charge in [0, 0.05) is 5.75 Å². The van der Waals surface area contributed by atoms with E-state index in [-0.39, 0.29) is 11.3 Å². The highest BCUT2D eigenvalue weighted by Gasteiger charge is 2.38. The number of alkyl halides is 3. The van der Waals surface area contributed by atoms with Crippen molar-refractivity contribution in [2.24, 2.45) is 0 Å². The van der Waals surface area contributed by atoms with Crippen LogP contribution in [0.5, 0.6) is 0 Å². The molecule has 0 saturated carbocycles. The third kappa shape index (κ3) is 2.62. The van der Waals surface area contributed by atoms with Crippen LogP contribution >= 0.6 is 11.8 Å². The molecule has 1 aliphatic heterocycles. The molecule has 2 rings (SSSR count). The third-order valence-corrected chi connectivity index (χ3v) is 3.88. The van der Waals surface area contributed by atoms with Crippen LogP contribution in [0.3, 0.4) is 0 Å². The summed E-state index contributed by atoms with van der Waals surface area (Å²) >= 11 is 1.17. The first kappa shape index (κ1) is 13.2. The number of nitrogens with one attached hydrogen (secondary N) is 1. The molecule has 1 heterocycles. The lowest BCUT2D eigenvalue weighted by molar-refractivity contribution is -0.138. The fourth-order valence-electron chi connectivity index (χ4n) is 1.78. The monoisotopic (exact) mass is 277 g/mol. The van der Waals surface area contributed by atoms with Gasteiger partial charge >= 0.3 is 12.1 Å². The Labute approximate surface area is 105 Å². The van der Waals surface area contributed by atoms with Gasteiger partial charge in [0.2, 0.25) is 0 Å². The summed E-state index contributed by atoms with van der Waals surface area (Å²) in [5.74, 6) is -0.791. The molecule has 2 atom stereocenters. The average molecular weight is 277 g/mol. The van der Waals surface area contributed by atoms with Gasteiger partial charge in [-0.25, -0.2) is 0 Å². The van der Waals surface area contributed by atoms with Gasteiger partial charge in [-0.2, -0.15) is 13.2 Å². The first-order valence-corrected chi connectivity index (χ1v) is 6.21. The lowest BCUT2D eigenvalue weighted by atomic mass is 10.1. The largest absolute Gasteiger partial charge is 0.480 e. The van der Waals surface area contributed by atoms with Crippen molar-refractivity contribution < 1.29 is 23.1 Å². The quantitative estimate of drug-likeness (QED) is 0.872. The molecule has 0 amide bonds. The summed E-state index contributed by atoms with van der Waals surface area (Å²) in [4.78, 5) is 10.8. The average Bonchev–Trinajstić information content (AvgIpc) is 2.77. The van der Waals surface area contributed by atoms with Gasteiger partial charge in [-0.3, -0.25) is 10.1 Å². The van der Waals surface area contributed by atoms with Crippen LogP contribution in [0, 0.1) is 0 Å². The Morgan fingerprint density at radius 1 is 1.39 bits per heavy atom. The molecule has 2 N–H and O–H groups in total. The van der Waals surface area contributed by atoms with E-state index in [1.165, 1.54) is 30.0 Å². The second kappa shape index (κ2) is 4.81. The molecule has 7 heteroatoms. The number of benzene rings is 1. The van der Waals surface area contributed by atoms with Crippen molar-refractivity contribution in [2.45, 2.75) is 17.6 Å². The normalized spacial score (nSPS) is 24.2. The molecule has 1 aromatic carbocycles. The van der Waals surface area contributed by atoms with Crippen molar-refractivity contribution in [1.29, 1.82) is 0 Å². The van der Waals surface area contributed by atoms with E-state index in [0.29, 0.717) is 0 Å². The molecule has 3 nitrogen and oxygen atoms in total. The van der Waals surface area contributed by atoms with E-state index >= 15 is 0 Å². The Morgan fingerprint density at radius 3 is 2.61 bits per heavy atom. The maximum Gasteiger partial charge on any atom is 0.416 e. The van der Waals surface area contributed by atoms with Crippen molar-refractivity contribution >= 4 is 17.7 Å². The summed E-state index contributed by atoms with van der Waals surface area (Å²) < 4.78 is 38.4. The Hall–Kier alpha value is -1.21. The fraction of sp³-hybridized carbons (Fsp3) is 0.364. The van der Waals surface area contributed by atoms with Gasteiger partial charge in [0.05, 0.1) is 10.9 Å². The number of halogens is 3. The number of hydrogen-bond acceptors (Lipinski definition) is 3. The number of rotatable bonds is 2. The standard InChI is InChI=1S/C11H10F3NO2S/c12-11(13,14)7-4-2-1-3-6(7)9-15-8(5-18-9)10(16)17/h1-4,8-9,15H,5H2,(H,16,17). The molecule has 0 aliphatic carbocycles. The van der Waals surface area contributed by atoms with Crippen LogP contribution < -0.4 is 5.32 Å². The minimum Gasteiger partial charge on any atom is -0.480 e. The van der Waals surface area contributed by atoms with E-state index in [1.807, 2.05) is 0 Å². The zero-order valence-corrected chi connectivity index (χ0v) is 9.89. The van der Waals surface area contributed by atoms with E-state index < -0.39 is 29.1 Å². The van der Waals surface area contributed by atoms with Crippen molar-refractivity contribution in [3.05, 3.63) is 35.4 Å². The number of carbonyl (C=O) groups is 1. The summed E-state index contributed by atoms with van der Waals surface area (Å²) in [7, 11) is 0. The molecule has 0 aromatic heterocycles. The zero-order valence-electron chi connectivity index (χ0n) is 9.07. The van der Waals surface area contributed by atoms with Gasteiger partial charge in [-0.15, -0.1) is 11.8 Å². The van der Waals surface area contributed by atoms with Gasteiger partial charge in [0.25, 0.3) is 0 Å². The lowest BCUT2D eigenvalue weighted by Crippen LogP contribution is -2.34. The summed E-state index contributed by atoms with van der Waals surface area (Å²) in [5.41, 5.74) is -0.639. The Morgan fingerprint density at radius 2 is 2.06 bits per heavy atom. The lowest BCUT2D eigenvalue weighted by Gasteiger charge is -2.17. The summed E-state index contributed by atoms with van der Waals surface area (Å²) in [6.07, 6.45) is -4.43. The number of hydrogen-bond donors (Lipinski definition) is 2. The van der Waals surface area contributed by atoms with Crippen molar-refractivity contribution in [3.63, 3.8) is 0 Å². The maximum atomic E-state index is 12.8. The van der Waals surface area contributed by atoms with Crippen LogP contribution in [-0.2, 0) is 11.0 Å². The van der Waals surface area contributed by atoms with Crippen molar-refractivity contribution in [2.75, 3.05) is 5.75 Å². The van der Waals surface area contributed by atoms with E-state index in [0.717, 1.165) is 6.07 Å². The van der Waals surface area contributed by atoms with Gasteiger partial charge in [-0.05, 0) is 11.6 Å². The van der Waals surface area contributed by atoms with Crippen LogP contribution in [0.25, 0.3) is 0 Å². The molecule has 0 bridgehead atoms. The molecule has 18 heavy (non-hydrogen) atoms. The predicted molar refractivity (Wildman–Crippen MR) is 61.2 cm³/mol. The second-order valence-corrected chi connectivity index (χ2v) is 4.99. The highest BCUT2D eigenvalue weighted by Crippen LogP contribution is 2.40. The Kier molecular flexibility index (Phi) is 3.54. The first-order chi connectivity index (χ1) is 8.39. The van der Waals surface area contributed by atoms with E-state index in [2.05, 4.69) is 5.32 Å². The van der Waals surface area contributed by atoms with Crippen LogP contribution in [-0.4, -0.2) is 22.9 Å². The van der Waals surface area contributed by atoms with E-state index in [4.69, 9.17) is 5.11 Å². The van der Waals surface area contributed by atoms with Gasteiger partial charge in [0.15, 0.2) is 0 Å². The predicted octanol–water partition coefficient (Wildman–Crippen LogP) is 2.49. The van der Waals surface area contributed by atoms with Crippen molar-refractivity contribution in [3.8, 4) is 0 Å². The molecule has 0 radical (unpaired) electrons. The van der Waals surface area contributed by atoms with Crippen molar-refractivity contribution in [1.82, 2.24) is 5.32 Å².